The van der Waals surface area contributed by atoms with E-state index in [2.05, 4.69) is 20.0 Å². The fraction of sp³-hybridized carbons (Fsp3) is 0.238. The first-order valence-electron chi connectivity index (χ1n) is 8.59. The Hall–Kier alpha value is -1.50. The summed E-state index contributed by atoms with van der Waals surface area (Å²) < 4.78 is 77.0. The van der Waals surface area contributed by atoms with Gasteiger partial charge >= 0.3 is 33.9 Å². The Bertz CT molecular complexity index is 730. The smallest absolute Gasteiger partial charge is 0 e. The van der Waals surface area contributed by atoms with Gasteiger partial charge in [-0.15, -0.1) is 10.2 Å². The first-order chi connectivity index (χ1) is 17.2. The third-order valence-electron chi connectivity index (χ3n) is 2.60. The monoisotopic (exact) mass is 619 g/mol. The molecule has 0 saturated carbocycles. The van der Waals surface area contributed by atoms with Crippen LogP contribution in [0.4, 0.5) is 0 Å². The van der Waals surface area contributed by atoms with Crippen molar-refractivity contribution in [2.45, 2.75) is 6.92 Å². The second-order valence-electron chi connectivity index (χ2n) is 4.52. The van der Waals surface area contributed by atoms with Crippen LogP contribution < -0.4 is 29.2 Å². The van der Waals surface area contributed by atoms with Gasteiger partial charge in [0.05, 0.1) is 6.07 Å². The van der Waals surface area contributed by atoms with Crippen molar-refractivity contribution in [2.24, 2.45) is 0 Å². The first-order valence-corrected chi connectivity index (χ1v) is 12.2. The molecule has 0 aliphatic heterocycles. The molecule has 0 N–H and O–H groups in total. The number of halogens is 1. The summed E-state index contributed by atoms with van der Waals surface area (Å²) in [6, 6.07) is 21.6. The Morgan fingerprint density at radius 1 is 0.649 bits per heavy atom. The molecule has 0 aliphatic carbocycles. The van der Waals surface area contributed by atoms with Crippen molar-refractivity contribution in [3.8, 4) is 6.07 Å². The molecule has 0 saturated heterocycles. The van der Waals surface area contributed by atoms with Crippen LogP contribution in [0.15, 0.2) is 60.7 Å². The predicted molar refractivity (Wildman–Crippen MR) is 117 cm³/mol. The van der Waals surface area contributed by atoms with E-state index >= 15 is 0 Å². The molecule has 0 aromatic heterocycles. The maximum Gasteiger partial charge on any atom is 0 e. The van der Waals surface area contributed by atoms with E-state index in [4.69, 9.17) is 55.9 Å². The molecule has 0 fully saturated rings. The molecule has 37 heavy (non-hydrogen) atoms. The quantitative estimate of drug-likeness (QED) is 0.176. The zero-order valence-corrected chi connectivity index (χ0v) is 24.1. The molecule has 2 rings (SSSR count). The van der Waals surface area contributed by atoms with Gasteiger partial charge in [0.1, 0.15) is 0 Å². The molecule has 16 heteroatoms. The van der Waals surface area contributed by atoms with Gasteiger partial charge in [0, 0.05) is 63.0 Å². The van der Waals surface area contributed by atoms with Crippen LogP contribution in [0.25, 0.3) is 0 Å². The molecule has 205 valence electrons. The second-order valence-corrected chi connectivity index (χ2v) is 8.79. The van der Waals surface area contributed by atoms with Gasteiger partial charge in [-0.1, -0.05) is 36.4 Å². The SMILES string of the molecule is CC#N.COP(OC)c1ccccc1.COP(OC)c1ccccc1.[C-]#[O+].[C-]#[O+].[C-]#[O+].[Mn].[O-][Cl+3]([O-])([O-])[O-]. The van der Waals surface area contributed by atoms with Crippen LogP contribution >= 0.6 is 16.8 Å². The van der Waals surface area contributed by atoms with Crippen LogP contribution in [0.1, 0.15) is 6.92 Å². The molecule has 2 aromatic carbocycles. The van der Waals surface area contributed by atoms with E-state index in [9.17, 15) is 0 Å². The number of nitrogens with zero attached hydrogens (tertiary/aromatic N) is 1. The molecular weight excluding hydrogens is 595 g/mol. The van der Waals surface area contributed by atoms with Gasteiger partial charge in [0.2, 0.25) is 16.8 Å². The van der Waals surface area contributed by atoms with E-state index in [0.717, 1.165) is 10.6 Å². The summed E-state index contributed by atoms with van der Waals surface area (Å²) in [7, 11) is -0.0273. The van der Waals surface area contributed by atoms with Gasteiger partial charge in [-0.2, -0.15) is 5.26 Å². The molecule has 0 atom stereocenters. The van der Waals surface area contributed by atoms with Gasteiger partial charge in [0.15, 0.2) is 0 Å². The normalized spacial score (nSPS) is 8.22. The summed E-state index contributed by atoms with van der Waals surface area (Å²) >= 11 is 0. The fourth-order valence-corrected chi connectivity index (χ4v) is 3.64. The fourth-order valence-electron chi connectivity index (χ4n) is 1.67. The maximum atomic E-state index is 8.49. The number of hydrogen-bond acceptors (Lipinski definition) is 9. The van der Waals surface area contributed by atoms with Gasteiger partial charge in [-0.3, -0.25) is 0 Å². The minimum Gasteiger partial charge on any atom is -0.222 e. The molecule has 0 unspecified atom stereocenters. The largest absolute Gasteiger partial charge is 0.222 e. The average Bonchev–Trinajstić information content (AvgIpc) is 2.90. The van der Waals surface area contributed by atoms with Crippen LogP contribution in [0.3, 0.4) is 0 Å². The minimum absolute atomic E-state index is 0. The Morgan fingerprint density at radius 2 is 0.811 bits per heavy atom. The molecule has 0 amide bonds. The first kappa shape index (κ1) is 48.6. The standard InChI is InChI=1S/2C8H11O2P.C2H3N.3CO.ClHO4.Mn/c2*1-9-11(10-2)8-6-4-3-5-7-8;1-2-3;3*1-2;2-1(3,4)5;/h2*3-7H,1-2H3;1H3;;;;(H,2,3,4,5);/p-1. The number of benzene rings is 2. The van der Waals surface area contributed by atoms with Crippen molar-refractivity contribution in [2.75, 3.05) is 28.4 Å². The Labute approximate surface area is 232 Å². The van der Waals surface area contributed by atoms with Crippen LogP contribution in [0.5, 0.6) is 0 Å². The number of rotatable bonds is 6. The van der Waals surface area contributed by atoms with E-state index in [-0.39, 0.29) is 17.1 Å². The Balaban J connectivity index is -0.0000000865. The van der Waals surface area contributed by atoms with Crippen LogP contribution in [-0.2, 0) is 49.1 Å². The minimum atomic E-state index is -4.94. The van der Waals surface area contributed by atoms with E-state index in [0.29, 0.717) is 0 Å². The van der Waals surface area contributed by atoms with Crippen molar-refractivity contribution in [1.29, 1.82) is 5.26 Å². The van der Waals surface area contributed by atoms with E-state index in [1.54, 1.807) is 34.5 Å². The summed E-state index contributed by atoms with van der Waals surface area (Å²) in [6.45, 7) is 14.9. The molecule has 0 aliphatic rings. The van der Waals surface area contributed by atoms with E-state index < -0.39 is 27.0 Å². The summed E-state index contributed by atoms with van der Waals surface area (Å²) in [6.07, 6.45) is 0. The van der Waals surface area contributed by atoms with Gasteiger partial charge < -0.3 is 18.1 Å². The molecule has 1 radical (unpaired) electrons. The topological polar surface area (TPSA) is 213 Å². The Kier molecular flexibility index (Phi) is 51.2. The third kappa shape index (κ3) is 39.2. The summed E-state index contributed by atoms with van der Waals surface area (Å²) in [5, 5.41) is 9.53. The predicted octanol–water partition coefficient (Wildman–Crippen LogP) is -0.508. The molecule has 12 nitrogen and oxygen atoms in total. The maximum absolute atomic E-state index is 8.49. The third-order valence-corrected chi connectivity index (χ3v) is 5.36. The summed E-state index contributed by atoms with van der Waals surface area (Å²) in [4.78, 5) is 0. The van der Waals surface area contributed by atoms with E-state index in [1.165, 1.54) is 6.92 Å². The Morgan fingerprint density at radius 3 is 0.946 bits per heavy atom. The second kappa shape index (κ2) is 39.0. The zero-order valence-electron chi connectivity index (χ0n) is 20.4. The van der Waals surface area contributed by atoms with E-state index in [1.807, 2.05) is 60.7 Å². The summed E-state index contributed by atoms with van der Waals surface area (Å²) in [5.74, 6) is 0. The molecule has 0 bridgehead atoms. The van der Waals surface area contributed by atoms with Crippen LogP contribution in [0, 0.1) is 41.5 Å². The molecule has 2 aromatic rings. The molecule has 0 spiro atoms. The molecule has 0 heterocycles. The van der Waals surface area contributed by atoms with Crippen LogP contribution in [-0.4, -0.2) is 28.4 Å². The van der Waals surface area contributed by atoms with Gasteiger partial charge in [0.25, 0.3) is 0 Å². The van der Waals surface area contributed by atoms with Gasteiger partial charge in [-0.05, 0) is 24.3 Å². The van der Waals surface area contributed by atoms with Crippen LogP contribution in [0.2, 0.25) is 0 Å². The van der Waals surface area contributed by atoms with Crippen molar-refractivity contribution < 1.29 is 78.0 Å². The number of nitriles is 1. The molecular formula is C21H25ClMnNO11P2-. The average molecular weight is 620 g/mol. The zero-order chi connectivity index (χ0) is 29.4. The van der Waals surface area contributed by atoms with Crippen molar-refractivity contribution in [3.63, 3.8) is 0 Å². The van der Waals surface area contributed by atoms with Crippen molar-refractivity contribution >= 4 is 27.4 Å². The van der Waals surface area contributed by atoms with Crippen molar-refractivity contribution in [1.82, 2.24) is 0 Å². The van der Waals surface area contributed by atoms with Crippen molar-refractivity contribution in [3.05, 3.63) is 80.6 Å². The van der Waals surface area contributed by atoms with Gasteiger partial charge in [-0.25, -0.2) is 18.6 Å². The summed E-state index contributed by atoms with van der Waals surface area (Å²) in [5.41, 5.74) is 0. The number of hydrogen-bond donors (Lipinski definition) is 0.